The minimum Gasteiger partial charge on any atom is -0.478 e. The van der Waals surface area contributed by atoms with Gasteiger partial charge in [-0.05, 0) is 73.7 Å². The minimum absolute atomic E-state index is 0.0248. The number of benzene rings is 2. The molecule has 6 heteroatoms. The summed E-state index contributed by atoms with van der Waals surface area (Å²) in [4.78, 5) is 37.9. The molecule has 0 bridgehead atoms. The number of hydrogen-bond donors (Lipinski definition) is 2. The third-order valence-electron chi connectivity index (χ3n) is 5.06. The molecule has 1 aliphatic rings. The molecule has 1 saturated heterocycles. The molecule has 2 N–H and O–H groups in total. The van der Waals surface area contributed by atoms with Gasteiger partial charge in [-0.2, -0.15) is 0 Å². The molecule has 6 nitrogen and oxygen atoms in total. The van der Waals surface area contributed by atoms with E-state index in [-0.39, 0.29) is 17.4 Å². The molecule has 1 aliphatic heterocycles. The molecule has 2 aromatic carbocycles. The molecular formula is C22H24N2O4. The summed E-state index contributed by atoms with van der Waals surface area (Å²) in [6, 6.07) is 11.0. The number of rotatable bonds is 4. The van der Waals surface area contributed by atoms with E-state index < -0.39 is 5.97 Å². The highest BCUT2D eigenvalue weighted by Crippen LogP contribution is 2.22. The summed E-state index contributed by atoms with van der Waals surface area (Å²) >= 11 is 0. The van der Waals surface area contributed by atoms with E-state index >= 15 is 0 Å². The number of hydrogen-bond acceptors (Lipinski definition) is 3. The molecule has 3 rings (SSSR count). The second kappa shape index (κ2) is 8.25. The van der Waals surface area contributed by atoms with Crippen molar-refractivity contribution in [2.24, 2.45) is 5.92 Å². The predicted molar refractivity (Wildman–Crippen MR) is 107 cm³/mol. The lowest BCUT2D eigenvalue weighted by Crippen LogP contribution is -2.39. The maximum atomic E-state index is 12.7. The largest absolute Gasteiger partial charge is 0.478 e. The van der Waals surface area contributed by atoms with Gasteiger partial charge in [0.25, 0.3) is 11.8 Å². The van der Waals surface area contributed by atoms with E-state index in [1.54, 1.807) is 18.2 Å². The van der Waals surface area contributed by atoms with Crippen LogP contribution in [0, 0.1) is 12.8 Å². The fourth-order valence-electron chi connectivity index (χ4n) is 3.45. The highest BCUT2D eigenvalue weighted by atomic mass is 16.4. The van der Waals surface area contributed by atoms with Gasteiger partial charge in [0, 0.05) is 29.9 Å². The van der Waals surface area contributed by atoms with Crippen LogP contribution in [0.25, 0.3) is 0 Å². The summed E-state index contributed by atoms with van der Waals surface area (Å²) in [5, 5.41) is 11.8. The first kappa shape index (κ1) is 19.6. The van der Waals surface area contributed by atoms with Gasteiger partial charge in [-0.3, -0.25) is 9.59 Å². The van der Waals surface area contributed by atoms with Crippen LogP contribution in [0.15, 0.2) is 42.5 Å². The molecule has 0 aromatic heterocycles. The lowest BCUT2D eigenvalue weighted by molar-refractivity contribution is 0.0679. The van der Waals surface area contributed by atoms with Crippen LogP contribution in [-0.2, 0) is 0 Å². The van der Waals surface area contributed by atoms with Gasteiger partial charge in [-0.25, -0.2) is 4.79 Å². The second-order valence-corrected chi connectivity index (χ2v) is 7.36. The molecule has 146 valence electrons. The van der Waals surface area contributed by atoms with Crippen molar-refractivity contribution in [3.8, 4) is 0 Å². The van der Waals surface area contributed by atoms with Gasteiger partial charge in [-0.15, -0.1) is 0 Å². The molecule has 1 fully saturated rings. The molecule has 0 spiro atoms. The van der Waals surface area contributed by atoms with Crippen LogP contribution in [0.2, 0.25) is 0 Å². The Bertz CT molecular complexity index is 905. The van der Waals surface area contributed by atoms with Crippen LogP contribution in [-0.4, -0.2) is 40.9 Å². The second-order valence-electron chi connectivity index (χ2n) is 7.36. The Labute approximate surface area is 164 Å². The first-order chi connectivity index (χ1) is 13.3. The van der Waals surface area contributed by atoms with Crippen molar-refractivity contribution >= 4 is 23.5 Å². The Morgan fingerprint density at radius 3 is 2.29 bits per heavy atom. The van der Waals surface area contributed by atoms with E-state index in [9.17, 15) is 14.4 Å². The first-order valence-electron chi connectivity index (χ1n) is 9.40. The summed E-state index contributed by atoms with van der Waals surface area (Å²) in [5.41, 5.74) is 2.53. The molecule has 1 heterocycles. The maximum absolute atomic E-state index is 12.7. The Balaban J connectivity index is 1.70. The number of amides is 2. The summed E-state index contributed by atoms with van der Waals surface area (Å²) in [7, 11) is 0. The highest BCUT2D eigenvalue weighted by molar-refractivity contribution is 6.05. The van der Waals surface area contributed by atoms with E-state index in [2.05, 4.69) is 12.2 Å². The Morgan fingerprint density at radius 1 is 1.04 bits per heavy atom. The van der Waals surface area contributed by atoms with Crippen LogP contribution < -0.4 is 5.32 Å². The minimum atomic E-state index is -1.04. The molecule has 2 aromatic rings. The monoisotopic (exact) mass is 380 g/mol. The van der Waals surface area contributed by atoms with E-state index in [0.29, 0.717) is 22.7 Å². The van der Waals surface area contributed by atoms with Crippen LogP contribution in [0.1, 0.15) is 56.4 Å². The average molecular weight is 380 g/mol. The van der Waals surface area contributed by atoms with Crippen LogP contribution >= 0.6 is 0 Å². The van der Waals surface area contributed by atoms with E-state index in [0.717, 1.165) is 31.5 Å². The van der Waals surface area contributed by atoms with Gasteiger partial charge >= 0.3 is 5.97 Å². The quantitative estimate of drug-likeness (QED) is 0.844. The fraction of sp³-hybridized carbons (Fsp3) is 0.318. The average Bonchev–Trinajstić information content (AvgIpc) is 2.69. The zero-order valence-corrected chi connectivity index (χ0v) is 16.1. The Morgan fingerprint density at radius 2 is 1.68 bits per heavy atom. The van der Waals surface area contributed by atoms with E-state index in [1.165, 1.54) is 24.3 Å². The maximum Gasteiger partial charge on any atom is 0.335 e. The van der Waals surface area contributed by atoms with Gasteiger partial charge in [0.2, 0.25) is 0 Å². The van der Waals surface area contributed by atoms with Crippen molar-refractivity contribution < 1.29 is 19.5 Å². The molecule has 1 atom stereocenters. The number of carbonyl (C=O) groups is 3. The van der Waals surface area contributed by atoms with Crippen molar-refractivity contribution in [3.63, 3.8) is 0 Å². The van der Waals surface area contributed by atoms with Crippen LogP contribution in [0.5, 0.6) is 0 Å². The smallest absolute Gasteiger partial charge is 0.335 e. The van der Waals surface area contributed by atoms with E-state index in [1.807, 2.05) is 11.8 Å². The van der Waals surface area contributed by atoms with Crippen LogP contribution in [0.3, 0.4) is 0 Å². The topological polar surface area (TPSA) is 86.7 Å². The lowest BCUT2D eigenvalue weighted by Gasteiger charge is -2.31. The van der Waals surface area contributed by atoms with E-state index in [4.69, 9.17) is 5.11 Å². The molecular weight excluding hydrogens is 356 g/mol. The van der Waals surface area contributed by atoms with Gasteiger partial charge in [0.1, 0.15) is 0 Å². The van der Waals surface area contributed by atoms with Gasteiger partial charge in [-0.1, -0.05) is 6.92 Å². The summed E-state index contributed by atoms with van der Waals surface area (Å²) in [6.45, 7) is 5.57. The molecule has 1 unspecified atom stereocenters. The number of carbonyl (C=O) groups excluding carboxylic acids is 2. The number of carboxylic acid groups (broad SMARTS) is 1. The SMILES string of the molecule is Cc1cc(C(=O)N2CCCC(C)C2)ccc1NC(=O)c1ccc(C(=O)O)cc1. The zero-order chi connectivity index (χ0) is 20.3. The Kier molecular flexibility index (Phi) is 5.78. The number of aromatic carboxylic acids is 1. The summed E-state index contributed by atoms with van der Waals surface area (Å²) in [6.07, 6.45) is 2.18. The molecule has 0 saturated carbocycles. The van der Waals surface area contributed by atoms with Crippen LogP contribution in [0.4, 0.5) is 5.69 Å². The predicted octanol–water partition coefficient (Wildman–Crippen LogP) is 3.82. The number of anilines is 1. The number of nitrogens with one attached hydrogen (secondary N) is 1. The van der Waals surface area contributed by atoms with Gasteiger partial charge < -0.3 is 15.3 Å². The van der Waals surface area contributed by atoms with Crippen molar-refractivity contribution in [2.75, 3.05) is 18.4 Å². The van der Waals surface area contributed by atoms with Gasteiger partial charge in [0.15, 0.2) is 0 Å². The van der Waals surface area contributed by atoms with Gasteiger partial charge in [0.05, 0.1) is 5.56 Å². The normalized spacial score (nSPS) is 16.5. The third kappa shape index (κ3) is 4.39. The van der Waals surface area contributed by atoms with Crippen molar-refractivity contribution in [2.45, 2.75) is 26.7 Å². The van der Waals surface area contributed by atoms with Crippen molar-refractivity contribution in [3.05, 3.63) is 64.7 Å². The summed E-state index contributed by atoms with van der Waals surface area (Å²) < 4.78 is 0. The lowest BCUT2D eigenvalue weighted by atomic mass is 9.99. The standard InChI is InChI=1S/C22H24N2O4/c1-14-4-3-11-24(13-14)21(26)18-9-10-19(15(2)12-18)23-20(25)16-5-7-17(8-6-16)22(27)28/h5-10,12,14H,3-4,11,13H2,1-2H3,(H,23,25)(H,27,28). The number of piperidine rings is 1. The zero-order valence-electron chi connectivity index (χ0n) is 16.1. The molecule has 28 heavy (non-hydrogen) atoms. The van der Waals surface area contributed by atoms with Crippen molar-refractivity contribution in [1.82, 2.24) is 4.90 Å². The number of carboxylic acids is 1. The number of nitrogens with zero attached hydrogens (tertiary/aromatic N) is 1. The fourth-order valence-corrected chi connectivity index (χ4v) is 3.45. The molecule has 0 aliphatic carbocycles. The van der Waals surface area contributed by atoms with Crippen molar-refractivity contribution in [1.29, 1.82) is 0 Å². The first-order valence-corrected chi connectivity index (χ1v) is 9.40. The molecule has 2 amide bonds. The Hall–Kier alpha value is -3.15. The summed E-state index contributed by atoms with van der Waals surface area (Å²) in [5.74, 6) is -0.822. The highest BCUT2D eigenvalue weighted by Gasteiger charge is 2.22. The number of likely N-dealkylation sites (tertiary alicyclic amines) is 1. The third-order valence-corrected chi connectivity index (χ3v) is 5.06. The molecule has 0 radical (unpaired) electrons. The number of aryl methyl sites for hydroxylation is 1.